The van der Waals surface area contributed by atoms with Gasteiger partial charge in [-0.2, -0.15) is 0 Å². The normalized spacial score (nSPS) is 22.3. The third-order valence-corrected chi connectivity index (χ3v) is 3.37. The number of benzene rings is 1. The van der Waals surface area contributed by atoms with E-state index in [-0.39, 0.29) is 24.7 Å². The molecule has 2 N–H and O–H groups in total. The van der Waals surface area contributed by atoms with E-state index in [0.29, 0.717) is 11.4 Å². The van der Waals surface area contributed by atoms with Gasteiger partial charge in [0.2, 0.25) is 5.91 Å². The summed E-state index contributed by atoms with van der Waals surface area (Å²) in [6.07, 6.45) is 3.32. The molecule has 110 valence electrons. The number of rotatable bonds is 5. The second-order valence-corrected chi connectivity index (χ2v) is 5.01. The molecule has 1 saturated carbocycles. The maximum atomic E-state index is 11.4. The molecule has 1 aromatic rings. The van der Waals surface area contributed by atoms with Gasteiger partial charge in [-0.1, -0.05) is 6.42 Å². The Kier molecular flexibility index (Phi) is 5.38. The lowest BCUT2D eigenvalue weighted by atomic mass is 9.95. The van der Waals surface area contributed by atoms with Crippen molar-refractivity contribution in [1.82, 2.24) is 0 Å². The number of carbonyl (C=O) groups is 1. The highest BCUT2D eigenvalue weighted by Crippen LogP contribution is 2.24. The minimum absolute atomic E-state index is 0.0342. The molecule has 0 bridgehead atoms. The van der Waals surface area contributed by atoms with E-state index in [1.807, 2.05) is 0 Å². The molecule has 1 fully saturated rings. The molecule has 1 aromatic carbocycles. The smallest absolute Gasteiger partial charge is 0.250 e. The molecule has 5 heteroatoms. The van der Waals surface area contributed by atoms with Gasteiger partial charge in [-0.15, -0.1) is 0 Å². The van der Waals surface area contributed by atoms with Crippen molar-refractivity contribution in [3.05, 3.63) is 24.3 Å². The standard InChI is InChI=1S/C15H21NO4/c1-19-10-15(18)16-11-6-8-12(9-7-11)20-14-5-3-2-4-13(14)17/h6-9,13-14,17H,2-5,10H2,1H3,(H,16,18)/t13-,14+/m1/s1. The van der Waals surface area contributed by atoms with Crippen molar-refractivity contribution in [3.8, 4) is 5.75 Å². The monoisotopic (exact) mass is 279 g/mol. The summed E-state index contributed by atoms with van der Waals surface area (Å²) in [5, 5.41) is 12.6. The van der Waals surface area contributed by atoms with Crippen molar-refractivity contribution >= 4 is 11.6 Å². The maximum Gasteiger partial charge on any atom is 0.250 e. The first-order valence-corrected chi connectivity index (χ1v) is 6.92. The van der Waals surface area contributed by atoms with Crippen molar-refractivity contribution in [2.75, 3.05) is 19.0 Å². The summed E-state index contributed by atoms with van der Waals surface area (Å²) in [5.74, 6) is 0.518. The predicted molar refractivity (Wildman–Crippen MR) is 75.8 cm³/mol. The molecule has 1 aliphatic rings. The summed E-state index contributed by atoms with van der Waals surface area (Å²) in [5.41, 5.74) is 0.698. The number of anilines is 1. The molecule has 0 aliphatic heterocycles. The lowest BCUT2D eigenvalue weighted by Gasteiger charge is -2.28. The van der Waals surface area contributed by atoms with Gasteiger partial charge in [0.15, 0.2) is 0 Å². The summed E-state index contributed by atoms with van der Waals surface area (Å²) in [4.78, 5) is 11.4. The molecular weight excluding hydrogens is 258 g/mol. The lowest BCUT2D eigenvalue weighted by molar-refractivity contribution is -0.119. The van der Waals surface area contributed by atoms with E-state index < -0.39 is 0 Å². The van der Waals surface area contributed by atoms with Gasteiger partial charge in [0, 0.05) is 12.8 Å². The maximum absolute atomic E-state index is 11.4. The molecule has 0 saturated heterocycles. The van der Waals surface area contributed by atoms with Crippen LogP contribution in [0.1, 0.15) is 25.7 Å². The number of aliphatic hydroxyl groups is 1. The molecule has 0 unspecified atom stereocenters. The van der Waals surface area contributed by atoms with Gasteiger partial charge in [-0.3, -0.25) is 4.79 Å². The van der Waals surface area contributed by atoms with Crippen LogP contribution < -0.4 is 10.1 Å². The van der Waals surface area contributed by atoms with Crippen molar-refractivity contribution in [3.63, 3.8) is 0 Å². The van der Waals surface area contributed by atoms with E-state index >= 15 is 0 Å². The predicted octanol–water partition coefficient (Wildman–Crippen LogP) is 1.95. The van der Waals surface area contributed by atoms with Gasteiger partial charge < -0.3 is 19.9 Å². The third kappa shape index (κ3) is 4.21. The second-order valence-electron chi connectivity index (χ2n) is 5.01. The van der Waals surface area contributed by atoms with Crippen LogP contribution in [-0.4, -0.2) is 36.9 Å². The van der Waals surface area contributed by atoms with Crippen LogP contribution >= 0.6 is 0 Å². The fourth-order valence-corrected chi connectivity index (χ4v) is 2.33. The Balaban J connectivity index is 1.89. The molecular formula is C15H21NO4. The quantitative estimate of drug-likeness (QED) is 0.864. The Morgan fingerprint density at radius 1 is 1.30 bits per heavy atom. The molecule has 2 rings (SSSR count). The molecule has 0 aromatic heterocycles. The molecule has 1 aliphatic carbocycles. The molecule has 5 nitrogen and oxygen atoms in total. The van der Waals surface area contributed by atoms with Crippen LogP contribution in [0, 0.1) is 0 Å². The molecule has 0 heterocycles. The average molecular weight is 279 g/mol. The minimum Gasteiger partial charge on any atom is -0.488 e. The van der Waals surface area contributed by atoms with Crippen LogP contribution in [0.5, 0.6) is 5.75 Å². The number of aliphatic hydroxyl groups excluding tert-OH is 1. The third-order valence-electron chi connectivity index (χ3n) is 3.37. The van der Waals surface area contributed by atoms with E-state index in [1.165, 1.54) is 7.11 Å². The zero-order valence-corrected chi connectivity index (χ0v) is 11.7. The first-order valence-electron chi connectivity index (χ1n) is 6.92. The number of ether oxygens (including phenoxy) is 2. The first kappa shape index (κ1) is 14.8. The molecule has 0 radical (unpaired) electrons. The summed E-state index contributed by atoms with van der Waals surface area (Å²) in [6.45, 7) is 0.0342. The Morgan fingerprint density at radius 3 is 2.65 bits per heavy atom. The van der Waals surface area contributed by atoms with Crippen LogP contribution in [0.4, 0.5) is 5.69 Å². The second kappa shape index (κ2) is 7.26. The fourth-order valence-electron chi connectivity index (χ4n) is 2.33. The minimum atomic E-state index is -0.384. The highest BCUT2D eigenvalue weighted by molar-refractivity contribution is 5.91. The summed E-state index contributed by atoms with van der Waals surface area (Å²) < 4.78 is 10.5. The largest absolute Gasteiger partial charge is 0.488 e. The van der Waals surface area contributed by atoms with Gasteiger partial charge >= 0.3 is 0 Å². The van der Waals surface area contributed by atoms with Crippen molar-refractivity contribution < 1.29 is 19.4 Å². The number of amides is 1. The van der Waals surface area contributed by atoms with Crippen LogP contribution in [-0.2, 0) is 9.53 Å². The number of methoxy groups -OCH3 is 1. The first-order chi connectivity index (χ1) is 9.69. The van der Waals surface area contributed by atoms with Crippen LogP contribution in [0.15, 0.2) is 24.3 Å². The highest BCUT2D eigenvalue weighted by atomic mass is 16.5. The topological polar surface area (TPSA) is 67.8 Å². The summed E-state index contributed by atoms with van der Waals surface area (Å²) in [7, 11) is 1.48. The molecule has 20 heavy (non-hydrogen) atoms. The van der Waals surface area contributed by atoms with Crippen molar-refractivity contribution in [2.45, 2.75) is 37.9 Å². The Labute approximate surface area is 118 Å². The molecule has 1 amide bonds. The summed E-state index contributed by atoms with van der Waals surface area (Å²) in [6, 6.07) is 7.14. The molecule has 2 atom stereocenters. The average Bonchev–Trinajstić information content (AvgIpc) is 2.44. The SMILES string of the molecule is COCC(=O)Nc1ccc(O[C@H]2CCCC[C@H]2O)cc1. The zero-order valence-electron chi connectivity index (χ0n) is 11.7. The van der Waals surface area contributed by atoms with E-state index in [4.69, 9.17) is 9.47 Å². The summed E-state index contributed by atoms with van der Waals surface area (Å²) >= 11 is 0. The fraction of sp³-hybridized carbons (Fsp3) is 0.533. The number of carbonyl (C=O) groups excluding carboxylic acids is 1. The van der Waals surface area contributed by atoms with Gasteiger partial charge in [0.05, 0.1) is 6.10 Å². The zero-order chi connectivity index (χ0) is 14.4. The number of nitrogens with one attached hydrogen (secondary N) is 1. The Bertz CT molecular complexity index is 432. The Hall–Kier alpha value is -1.59. The van der Waals surface area contributed by atoms with Crippen LogP contribution in [0.2, 0.25) is 0 Å². The van der Waals surface area contributed by atoms with Gasteiger partial charge in [-0.05, 0) is 43.5 Å². The van der Waals surface area contributed by atoms with Gasteiger partial charge in [-0.25, -0.2) is 0 Å². The lowest BCUT2D eigenvalue weighted by Crippen LogP contribution is -2.34. The van der Waals surface area contributed by atoms with E-state index in [2.05, 4.69) is 5.32 Å². The van der Waals surface area contributed by atoms with Crippen LogP contribution in [0.25, 0.3) is 0 Å². The van der Waals surface area contributed by atoms with Gasteiger partial charge in [0.25, 0.3) is 0 Å². The number of hydrogen-bond donors (Lipinski definition) is 2. The van der Waals surface area contributed by atoms with Crippen molar-refractivity contribution in [2.24, 2.45) is 0 Å². The van der Waals surface area contributed by atoms with Crippen molar-refractivity contribution in [1.29, 1.82) is 0 Å². The van der Waals surface area contributed by atoms with E-state index in [1.54, 1.807) is 24.3 Å². The Morgan fingerprint density at radius 2 is 2.00 bits per heavy atom. The molecule has 0 spiro atoms. The van der Waals surface area contributed by atoms with E-state index in [9.17, 15) is 9.90 Å². The van der Waals surface area contributed by atoms with E-state index in [0.717, 1.165) is 25.7 Å². The number of hydrogen-bond acceptors (Lipinski definition) is 4. The highest BCUT2D eigenvalue weighted by Gasteiger charge is 2.24. The van der Waals surface area contributed by atoms with Gasteiger partial charge in [0.1, 0.15) is 18.5 Å². The van der Waals surface area contributed by atoms with Crippen LogP contribution in [0.3, 0.4) is 0 Å².